The third-order valence-corrected chi connectivity index (χ3v) is 4.50. The summed E-state index contributed by atoms with van der Waals surface area (Å²) < 4.78 is 0. The number of amides is 2. The average Bonchev–Trinajstić information content (AvgIpc) is 2.55. The number of rotatable bonds is 5. The largest absolute Gasteiger partial charge is 0.326 e. The van der Waals surface area contributed by atoms with Gasteiger partial charge in [-0.2, -0.15) is 5.26 Å². The SMILES string of the molecule is CC(=O)Nc1ccc(NC(=O)C(C)Sc2nc(C)nc(C)c2C#N)cc1. The molecule has 0 fully saturated rings. The number of hydrogen-bond acceptors (Lipinski definition) is 6. The Bertz CT molecular complexity index is 874. The van der Waals surface area contributed by atoms with Gasteiger partial charge in [-0.25, -0.2) is 9.97 Å². The second-order valence-electron chi connectivity index (χ2n) is 5.66. The van der Waals surface area contributed by atoms with E-state index in [1.54, 1.807) is 45.0 Å². The van der Waals surface area contributed by atoms with Crippen LogP contribution in [0.15, 0.2) is 29.3 Å². The van der Waals surface area contributed by atoms with E-state index >= 15 is 0 Å². The minimum atomic E-state index is -0.453. The van der Waals surface area contributed by atoms with Gasteiger partial charge in [0.1, 0.15) is 22.5 Å². The Balaban J connectivity index is 2.06. The van der Waals surface area contributed by atoms with Gasteiger partial charge in [-0.1, -0.05) is 11.8 Å². The highest BCUT2D eigenvalue weighted by Crippen LogP contribution is 2.27. The Morgan fingerprint density at radius 1 is 1.12 bits per heavy atom. The highest BCUT2D eigenvalue weighted by atomic mass is 32.2. The van der Waals surface area contributed by atoms with Crippen molar-refractivity contribution in [3.63, 3.8) is 0 Å². The number of carbonyl (C=O) groups excluding carboxylic acids is 2. The fourth-order valence-corrected chi connectivity index (χ4v) is 3.20. The van der Waals surface area contributed by atoms with Crippen LogP contribution in [0, 0.1) is 25.2 Å². The van der Waals surface area contributed by atoms with E-state index in [0.717, 1.165) is 0 Å². The van der Waals surface area contributed by atoms with Crippen molar-refractivity contribution in [3.05, 3.63) is 41.3 Å². The average molecular weight is 369 g/mol. The lowest BCUT2D eigenvalue weighted by molar-refractivity contribution is -0.115. The first-order valence-electron chi connectivity index (χ1n) is 7.90. The summed E-state index contributed by atoms with van der Waals surface area (Å²) >= 11 is 1.22. The fraction of sp³-hybridized carbons (Fsp3) is 0.278. The van der Waals surface area contributed by atoms with Gasteiger partial charge in [0.15, 0.2) is 0 Å². The van der Waals surface area contributed by atoms with Crippen LogP contribution >= 0.6 is 11.8 Å². The molecule has 0 bridgehead atoms. The standard InChI is InChI=1S/C18H19N5O2S/c1-10-16(9-19)18(21-12(3)20-10)26-11(2)17(25)23-15-7-5-14(6-8-15)22-13(4)24/h5-8,11H,1-4H3,(H,22,24)(H,23,25). The molecule has 2 aromatic rings. The van der Waals surface area contributed by atoms with E-state index in [0.29, 0.717) is 33.5 Å². The summed E-state index contributed by atoms with van der Waals surface area (Å²) in [5, 5.41) is 14.8. The number of thioether (sulfide) groups is 1. The predicted molar refractivity (Wildman–Crippen MR) is 101 cm³/mol. The molecule has 1 heterocycles. The van der Waals surface area contributed by atoms with Crippen LogP contribution in [0.1, 0.15) is 30.9 Å². The summed E-state index contributed by atoms with van der Waals surface area (Å²) in [7, 11) is 0. The minimum Gasteiger partial charge on any atom is -0.326 e. The zero-order valence-electron chi connectivity index (χ0n) is 15.0. The van der Waals surface area contributed by atoms with Gasteiger partial charge in [0.2, 0.25) is 11.8 Å². The highest BCUT2D eigenvalue weighted by Gasteiger charge is 2.19. The molecule has 8 heteroatoms. The Labute approximate surface area is 156 Å². The van der Waals surface area contributed by atoms with Gasteiger partial charge in [0.05, 0.1) is 10.9 Å². The summed E-state index contributed by atoms with van der Waals surface area (Å²) in [6.45, 7) is 6.68. The molecule has 2 rings (SSSR count). The minimum absolute atomic E-state index is 0.157. The summed E-state index contributed by atoms with van der Waals surface area (Å²) in [5.41, 5.74) is 2.26. The normalized spacial score (nSPS) is 11.3. The topological polar surface area (TPSA) is 108 Å². The Morgan fingerprint density at radius 3 is 2.23 bits per heavy atom. The molecule has 0 aliphatic heterocycles. The van der Waals surface area contributed by atoms with Crippen LogP contribution in [0.4, 0.5) is 11.4 Å². The van der Waals surface area contributed by atoms with Crippen LogP contribution in [0.3, 0.4) is 0 Å². The number of nitrogens with zero attached hydrogens (tertiary/aromatic N) is 3. The Kier molecular flexibility index (Phi) is 6.31. The monoisotopic (exact) mass is 369 g/mol. The van der Waals surface area contributed by atoms with Crippen molar-refractivity contribution in [1.82, 2.24) is 9.97 Å². The lowest BCUT2D eigenvalue weighted by Gasteiger charge is -2.13. The van der Waals surface area contributed by atoms with Gasteiger partial charge < -0.3 is 10.6 Å². The van der Waals surface area contributed by atoms with Crippen LogP contribution < -0.4 is 10.6 Å². The van der Waals surface area contributed by atoms with E-state index in [1.165, 1.54) is 18.7 Å². The quantitative estimate of drug-likeness (QED) is 0.619. The number of benzene rings is 1. The molecule has 1 unspecified atom stereocenters. The molecule has 0 aliphatic rings. The number of aryl methyl sites for hydroxylation is 2. The third kappa shape index (κ3) is 5.04. The van der Waals surface area contributed by atoms with Crippen molar-refractivity contribution in [3.8, 4) is 6.07 Å². The smallest absolute Gasteiger partial charge is 0.237 e. The maximum atomic E-state index is 12.4. The van der Waals surface area contributed by atoms with Crippen molar-refractivity contribution < 1.29 is 9.59 Å². The van der Waals surface area contributed by atoms with Gasteiger partial charge in [-0.15, -0.1) is 0 Å². The van der Waals surface area contributed by atoms with Crippen LogP contribution in [0.25, 0.3) is 0 Å². The molecule has 1 aromatic carbocycles. The van der Waals surface area contributed by atoms with Gasteiger partial charge in [-0.3, -0.25) is 9.59 Å². The van der Waals surface area contributed by atoms with Crippen molar-refractivity contribution in [2.24, 2.45) is 0 Å². The van der Waals surface area contributed by atoms with E-state index in [1.807, 2.05) is 0 Å². The van der Waals surface area contributed by atoms with Crippen molar-refractivity contribution in [1.29, 1.82) is 5.26 Å². The Morgan fingerprint density at radius 2 is 1.69 bits per heavy atom. The molecular weight excluding hydrogens is 350 g/mol. The van der Waals surface area contributed by atoms with Crippen LogP contribution in [0.5, 0.6) is 0 Å². The van der Waals surface area contributed by atoms with E-state index in [-0.39, 0.29) is 11.8 Å². The first-order valence-corrected chi connectivity index (χ1v) is 8.78. The van der Waals surface area contributed by atoms with E-state index in [4.69, 9.17) is 0 Å². The first kappa shape index (κ1) is 19.4. The summed E-state index contributed by atoms with van der Waals surface area (Å²) in [6.07, 6.45) is 0. The lowest BCUT2D eigenvalue weighted by Crippen LogP contribution is -2.22. The van der Waals surface area contributed by atoms with Gasteiger partial charge in [0, 0.05) is 18.3 Å². The zero-order valence-corrected chi connectivity index (χ0v) is 15.8. The number of carbonyl (C=O) groups is 2. The highest BCUT2D eigenvalue weighted by molar-refractivity contribution is 8.00. The van der Waals surface area contributed by atoms with Crippen molar-refractivity contribution in [2.75, 3.05) is 10.6 Å². The summed E-state index contributed by atoms with van der Waals surface area (Å²) in [5.74, 6) is 0.195. The second-order valence-corrected chi connectivity index (χ2v) is 6.99. The van der Waals surface area contributed by atoms with Crippen LogP contribution in [-0.4, -0.2) is 27.0 Å². The number of nitrogens with one attached hydrogen (secondary N) is 2. The summed E-state index contributed by atoms with van der Waals surface area (Å²) in [4.78, 5) is 31.9. The Hall–Kier alpha value is -2.92. The third-order valence-electron chi connectivity index (χ3n) is 3.41. The maximum Gasteiger partial charge on any atom is 0.237 e. The van der Waals surface area contributed by atoms with Gasteiger partial charge >= 0.3 is 0 Å². The number of hydrogen-bond donors (Lipinski definition) is 2. The molecule has 2 amide bonds. The molecule has 0 aliphatic carbocycles. The van der Waals surface area contributed by atoms with E-state index < -0.39 is 5.25 Å². The maximum absolute atomic E-state index is 12.4. The fourth-order valence-electron chi connectivity index (χ4n) is 2.20. The van der Waals surface area contributed by atoms with Gasteiger partial charge in [0.25, 0.3) is 0 Å². The van der Waals surface area contributed by atoms with Crippen molar-refractivity contribution >= 4 is 35.0 Å². The summed E-state index contributed by atoms with van der Waals surface area (Å²) in [6, 6.07) is 8.93. The molecule has 134 valence electrons. The van der Waals surface area contributed by atoms with Crippen LogP contribution in [-0.2, 0) is 9.59 Å². The first-order chi connectivity index (χ1) is 12.3. The molecule has 0 saturated carbocycles. The molecule has 1 aromatic heterocycles. The van der Waals surface area contributed by atoms with Crippen molar-refractivity contribution in [2.45, 2.75) is 38.0 Å². The molecule has 7 nitrogen and oxygen atoms in total. The predicted octanol–water partition coefficient (Wildman–Crippen LogP) is 3.04. The molecule has 2 N–H and O–H groups in total. The lowest BCUT2D eigenvalue weighted by atomic mass is 10.2. The number of aromatic nitrogens is 2. The van der Waals surface area contributed by atoms with Gasteiger partial charge in [-0.05, 0) is 45.0 Å². The zero-order chi connectivity index (χ0) is 19.3. The second kappa shape index (κ2) is 8.45. The number of nitriles is 1. The van der Waals surface area contributed by atoms with Crippen LogP contribution in [0.2, 0.25) is 0 Å². The number of anilines is 2. The molecule has 0 saturated heterocycles. The molecule has 26 heavy (non-hydrogen) atoms. The molecular formula is C18H19N5O2S. The van der Waals surface area contributed by atoms with E-state index in [2.05, 4.69) is 26.7 Å². The molecule has 0 radical (unpaired) electrons. The molecule has 1 atom stereocenters. The molecule has 0 spiro atoms. The van der Waals surface area contributed by atoms with E-state index in [9.17, 15) is 14.9 Å².